The first kappa shape index (κ1) is 14.2. The molecule has 1 heterocycles. The highest BCUT2D eigenvalue weighted by atomic mass is 16.5. The number of nitrogens with zero attached hydrogens (tertiary/aromatic N) is 4. The van der Waals surface area contributed by atoms with Crippen LogP contribution in [0.3, 0.4) is 0 Å². The summed E-state index contributed by atoms with van der Waals surface area (Å²) in [7, 11) is 1.59. The lowest BCUT2D eigenvalue weighted by Crippen LogP contribution is -2.04. The predicted molar refractivity (Wildman–Crippen MR) is 75.4 cm³/mol. The molecule has 0 bridgehead atoms. The third-order valence-corrected chi connectivity index (χ3v) is 3.15. The number of aryl methyl sites for hydroxylation is 1. The molecule has 0 amide bonds. The summed E-state index contributed by atoms with van der Waals surface area (Å²) in [6.07, 6.45) is 3.47. The van der Waals surface area contributed by atoms with Gasteiger partial charge in [-0.05, 0) is 30.5 Å². The Labute approximate surface area is 118 Å². The Bertz CT molecular complexity index is 595. The molecule has 0 unspecified atom stereocenters. The van der Waals surface area contributed by atoms with Gasteiger partial charge in [0, 0.05) is 7.11 Å². The molecule has 1 aromatic heterocycles. The van der Waals surface area contributed by atoms with Crippen LogP contribution in [0.15, 0.2) is 24.3 Å². The summed E-state index contributed by atoms with van der Waals surface area (Å²) in [5.41, 5.74) is 3.19. The zero-order chi connectivity index (χ0) is 14.4. The van der Waals surface area contributed by atoms with E-state index in [4.69, 9.17) is 10.00 Å². The normalized spacial score (nSPS) is 10.4. The van der Waals surface area contributed by atoms with Crippen molar-refractivity contribution in [2.24, 2.45) is 0 Å². The molecule has 0 aliphatic heterocycles. The Hall–Kier alpha value is -2.19. The van der Waals surface area contributed by atoms with Crippen molar-refractivity contribution >= 4 is 0 Å². The molecule has 2 rings (SSSR count). The molecule has 0 spiro atoms. The number of methoxy groups -OCH3 is 1. The van der Waals surface area contributed by atoms with Gasteiger partial charge >= 0.3 is 0 Å². The van der Waals surface area contributed by atoms with Gasteiger partial charge < -0.3 is 4.74 Å². The molecule has 5 nitrogen and oxygen atoms in total. The first-order valence-electron chi connectivity index (χ1n) is 6.73. The maximum Gasteiger partial charge on any atom is 0.188 e. The topological polar surface area (TPSA) is 63.7 Å². The summed E-state index contributed by atoms with van der Waals surface area (Å²) < 4.78 is 6.77. The van der Waals surface area contributed by atoms with Crippen molar-refractivity contribution in [3.05, 3.63) is 41.2 Å². The van der Waals surface area contributed by atoms with Crippen molar-refractivity contribution in [3.8, 4) is 11.8 Å². The highest BCUT2D eigenvalue weighted by molar-refractivity contribution is 5.38. The van der Waals surface area contributed by atoms with E-state index in [0.717, 1.165) is 12.1 Å². The fourth-order valence-corrected chi connectivity index (χ4v) is 2.05. The van der Waals surface area contributed by atoms with Gasteiger partial charge in [0.2, 0.25) is 0 Å². The maximum absolute atomic E-state index is 9.03. The molecule has 0 fully saturated rings. The second kappa shape index (κ2) is 6.83. The second-order valence-corrected chi connectivity index (χ2v) is 4.61. The molecule has 104 valence electrons. The Balaban J connectivity index is 2.27. The molecule has 0 aliphatic carbocycles. The maximum atomic E-state index is 9.03. The van der Waals surface area contributed by atoms with E-state index in [9.17, 15) is 0 Å². The fourth-order valence-electron chi connectivity index (χ4n) is 2.05. The molecule has 5 heteroatoms. The van der Waals surface area contributed by atoms with Crippen molar-refractivity contribution in [3.63, 3.8) is 0 Å². The molecule has 20 heavy (non-hydrogen) atoms. The molecule has 0 aliphatic rings. The molecular formula is C15H18N4O. The van der Waals surface area contributed by atoms with E-state index in [1.807, 2.05) is 18.2 Å². The number of ether oxygens (including phenoxy) is 1. The third kappa shape index (κ3) is 3.03. The van der Waals surface area contributed by atoms with E-state index in [1.54, 1.807) is 11.8 Å². The summed E-state index contributed by atoms with van der Waals surface area (Å²) >= 11 is 0. The Morgan fingerprint density at radius 3 is 2.65 bits per heavy atom. The summed E-state index contributed by atoms with van der Waals surface area (Å²) in [5.74, 6) is 0. The van der Waals surface area contributed by atoms with Crippen LogP contribution in [0.1, 0.15) is 36.7 Å². The number of hydrogen-bond acceptors (Lipinski definition) is 4. The average molecular weight is 270 g/mol. The van der Waals surface area contributed by atoms with Gasteiger partial charge in [0.25, 0.3) is 0 Å². The minimum Gasteiger partial charge on any atom is -0.378 e. The molecule has 0 atom stereocenters. The van der Waals surface area contributed by atoms with E-state index in [2.05, 4.69) is 29.4 Å². The standard InChI is InChI=1S/C15H18N4O/c1-3-4-5-12-6-8-13(9-7-12)19-15(11-20-2)14(10-16)17-18-19/h6-9H,3-5,11H2,1-2H3. The van der Waals surface area contributed by atoms with Gasteiger partial charge in [-0.25, -0.2) is 4.68 Å². The predicted octanol–water partition coefficient (Wildman–Crippen LogP) is 2.63. The zero-order valence-corrected chi connectivity index (χ0v) is 11.8. The largest absolute Gasteiger partial charge is 0.378 e. The van der Waals surface area contributed by atoms with Gasteiger partial charge in [-0.2, -0.15) is 5.26 Å². The Morgan fingerprint density at radius 2 is 2.05 bits per heavy atom. The monoisotopic (exact) mass is 270 g/mol. The van der Waals surface area contributed by atoms with E-state index in [-0.39, 0.29) is 0 Å². The van der Waals surface area contributed by atoms with Crippen molar-refractivity contribution in [2.45, 2.75) is 32.8 Å². The first-order valence-corrected chi connectivity index (χ1v) is 6.73. The number of nitriles is 1. The number of unbranched alkanes of at least 4 members (excludes halogenated alkanes) is 1. The Kier molecular flexibility index (Phi) is 4.85. The van der Waals surface area contributed by atoms with E-state index < -0.39 is 0 Å². The molecule has 0 radical (unpaired) electrons. The fraction of sp³-hybridized carbons (Fsp3) is 0.400. The molecule has 0 saturated carbocycles. The molecule has 1 aromatic carbocycles. The van der Waals surface area contributed by atoms with Crippen LogP contribution in [0.2, 0.25) is 0 Å². The molecule has 2 aromatic rings. The highest BCUT2D eigenvalue weighted by Crippen LogP contribution is 2.15. The van der Waals surface area contributed by atoms with Gasteiger partial charge in [0.05, 0.1) is 12.3 Å². The van der Waals surface area contributed by atoms with Crippen LogP contribution in [0, 0.1) is 11.3 Å². The summed E-state index contributed by atoms with van der Waals surface area (Å²) in [4.78, 5) is 0. The van der Waals surface area contributed by atoms with Crippen LogP contribution in [0.5, 0.6) is 0 Å². The number of rotatable bonds is 6. The van der Waals surface area contributed by atoms with Gasteiger partial charge in [-0.15, -0.1) is 5.10 Å². The van der Waals surface area contributed by atoms with E-state index in [0.29, 0.717) is 18.0 Å². The zero-order valence-electron chi connectivity index (χ0n) is 11.8. The van der Waals surface area contributed by atoms with Crippen molar-refractivity contribution < 1.29 is 4.74 Å². The smallest absolute Gasteiger partial charge is 0.188 e. The Morgan fingerprint density at radius 1 is 1.30 bits per heavy atom. The van der Waals surface area contributed by atoms with Crippen LogP contribution in [0.25, 0.3) is 5.69 Å². The van der Waals surface area contributed by atoms with Crippen molar-refractivity contribution in [1.29, 1.82) is 5.26 Å². The van der Waals surface area contributed by atoms with Gasteiger partial charge in [-0.1, -0.05) is 30.7 Å². The third-order valence-electron chi connectivity index (χ3n) is 3.15. The van der Waals surface area contributed by atoms with Crippen LogP contribution in [-0.4, -0.2) is 22.1 Å². The molecule has 0 N–H and O–H groups in total. The lowest BCUT2D eigenvalue weighted by atomic mass is 10.1. The summed E-state index contributed by atoms with van der Waals surface area (Å²) in [6.45, 7) is 2.50. The van der Waals surface area contributed by atoms with E-state index >= 15 is 0 Å². The second-order valence-electron chi connectivity index (χ2n) is 4.61. The minimum absolute atomic E-state index is 0.307. The van der Waals surface area contributed by atoms with Crippen LogP contribution < -0.4 is 0 Å². The van der Waals surface area contributed by atoms with Crippen LogP contribution in [-0.2, 0) is 17.8 Å². The quantitative estimate of drug-likeness (QED) is 0.809. The molecular weight excluding hydrogens is 252 g/mol. The lowest BCUT2D eigenvalue weighted by molar-refractivity contribution is 0.179. The summed E-state index contributed by atoms with van der Waals surface area (Å²) in [5, 5.41) is 16.9. The van der Waals surface area contributed by atoms with Gasteiger partial charge in [-0.3, -0.25) is 0 Å². The number of aromatic nitrogens is 3. The average Bonchev–Trinajstić information content (AvgIpc) is 2.89. The number of hydrogen-bond donors (Lipinski definition) is 0. The minimum atomic E-state index is 0.307. The highest BCUT2D eigenvalue weighted by Gasteiger charge is 2.13. The van der Waals surface area contributed by atoms with Crippen LogP contribution in [0.4, 0.5) is 0 Å². The van der Waals surface area contributed by atoms with E-state index in [1.165, 1.54) is 18.4 Å². The number of benzene rings is 1. The van der Waals surface area contributed by atoms with Crippen molar-refractivity contribution in [2.75, 3.05) is 7.11 Å². The molecule has 0 saturated heterocycles. The summed E-state index contributed by atoms with van der Waals surface area (Å²) in [6, 6.07) is 10.2. The van der Waals surface area contributed by atoms with Crippen LogP contribution >= 0.6 is 0 Å². The van der Waals surface area contributed by atoms with Gasteiger partial charge in [0.15, 0.2) is 5.69 Å². The SMILES string of the molecule is CCCCc1ccc(-n2nnc(C#N)c2COC)cc1. The first-order chi connectivity index (χ1) is 9.80. The lowest BCUT2D eigenvalue weighted by Gasteiger charge is -2.07. The van der Waals surface area contributed by atoms with Crippen molar-refractivity contribution in [1.82, 2.24) is 15.0 Å². The van der Waals surface area contributed by atoms with Gasteiger partial charge in [0.1, 0.15) is 11.8 Å².